The first-order chi connectivity index (χ1) is 16.7. The molecule has 0 bridgehead atoms. The Balaban J connectivity index is 1.60. The van der Waals surface area contributed by atoms with E-state index in [1.165, 1.54) is 12.1 Å². The number of hydrogen-bond donors (Lipinski definition) is 1. The lowest BCUT2D eigenvalue weighted by molar-refractivity contribution is 0.146. The Kier molecular flexibility index (Phi) is 7.09. The van der Waals surface area contributed by atoms with Crippen LogP contribution in [0, 0.1) is 12.7 Å². The van der Waals surface area contributed by atoms with E-state index in [-0.39, 0.29) is 17.5 Å². The van der Waals surface area contributed by atoms with Crippen LogP contribution in [0.1, 0.15) is 60.7 Å². The molecule has 1 saturated heterocycles. The molecule has 3 heterocycles. The Morgan fingerprint density at radius 1 is 1.17 bits per heavy atom. The third-order valence-corrected chi connectivity index (χ3v) is 6.42. The van der Waals surface area contributed by atoms with Crippen LogP contribution in [0.4, 0.5) is 23.8 Å². The molecule has 3 aromatic rings. The van der Waals surface area contributed by atoms with Gasteiger partial charge in [-0.1, -0.05) is 18.2 Å². The number of anilines is 1. The van der Waals surface area contributed by atoms with Gasteiger partial charge in [0.05, 0.1) is 17.0 Å². The van der Waals surface area contributed by atoms with Gasteiger partial charge in [0.1, 0.15) is 17.5 Å². The summed E-state index contributed by atoms with van der Waals surface area (Å²) in [6, 6.07) is 5.38. The molecular formula is C25H29F3N6O. The van der Waals surface area contributed by atoms with Crippen LogP contribution in [0.15, 0.2) is 30.5 Å². The highest BCUT2D eigenvalue weighted by Gasteiger charge is 2.26. The lowest BCUT2D eigenvalue weighted by Crippen LogP contribution is -2.43. The SMILES string of the molecule is Cc1nc(N[C@H](C)c2cccc(C(F)F)c2F)c2cc(C3CCN(C(=O)N(C)C)CC3)cnc2n1. The van der Waals surface area contributed by atoms with Crippen molar-refractivity contribution in [1.29, 1.82) is 0 Å². The number of likely N-dealkylation sites (tertiary alicyclic amines) is 1. The molecule has 0 saturated carbocycles. The van der Waals surface area contributed by atoms with E-state index >= 15 is 0 Å². The number of carbonyl (C=O) groups is 1. The molecule has 1 atom stereocenters. The van der Waals surface area contributed by atoms with E-state index in [4.69, 9.17) is 0 Å². The van der Waals surface area contributed by atoms with Crippen LogP contribution in [0.25, 0.3) is 11.0 Å². The number of amides is 2. The van der Waals surface area contributed by atoms with Gasteiger partial charge in [-0.15, -0.1) is 0 Å². The van der Waals surface area contributed by atoms with Crippen LogP contribution in [-0.2, 0) is 0 Å². The van der Waals surface area contributed by atoms with Gasteiger partial charge in [0.25, 0.3) is 6.43 Å². The first-order valence-corrected chi connectivity index (χ1v) is 11.6. The number of fused-ring (bicyclic) bond motifs is 1. The van der Waals surface area contributed by atoms with Crippen molar-refractivity contribution in [2.75, 3.05) is 32.5 Å². The van der Waals surface area contributed by atoms with Gasteiger partial charge in [0, 0.05) is 38.9 Å². The zero-order chi connectivity index (χ0) is 25.3. The van der Waals surface area contributed by atoms with Gasteiger partial charge in [-0.05, 0) is 44.2 Å². The van der Waals surface area contributed by atoms with Crippen molar-refractivity contribution in [3.05, 3.63) is 58.8 Å². The minimum atomic E-state index is -2.89. The molecule has 1 aliphatic heterocycles. The summed E-state index contributed by atoms with van der Waals surface area (Å²) in [7, 11) is 3.49. The maximum atomic E-state index is 14.7. The van der Waals surface area contributed by atoms with Crippen molar-refractivity contribution in [2.45, 2.75) is 45.1 Å². The highest BCUT2D eigenvalue weighted by atomic mass is 19.3. The second-order valence-electron chi connectivity index (χ2n) is 9.11. The molecule has 186 valence electrons. The minimum Gasteiger partial charge on any atom is -0.363 e. The summed E-state index contributed by atoms with van der Waals surface area (Å²) < 4.78 is 41.1. The third-order valence-electron chi connectivity index (χ3n) is 6.42. The van der Waals surface area contributed by atoms with Crippen LogP contribution in [0.3, 0.4) is 0 Å². The van der Waals surface area contributed by atoms with Crippen molar-refractivity contribution in [3.63, 3.8) is 0 Å². The number of pyridine rings is 1. The van der Waals surface area contributed by atoms with Gasteiger partial charge in [-0.2, -0.15) is 0 Å². The van der Waals surface area contributed by atoms with Crippen molar-refractivity contribution >= 4 is 22.9 Å². The van der Waals surface area contributed by atoms with Crippen LogP contribution < -0.4 is 5.32 Å². The molecule has 0 spiro atoms. The van der Waals surface area contributed by atoms with Crippen molar-refractivity contribution in [3.8, 4) is 0 Å². The summed E-state index contributed by atoms with van der Waals surface area (Å²) in [5, 5.41) is 3.86. The van der Waals surface area contributed by atoms with Gasteiger partial charge in [-0.3, -0.25) is 0 Å². The summed E-state index contributed by atoms with van der Waals surface area (Å²) in [6.07, 6.45) is 0.534. The second kappa shape index (κ2) is 10.1. The molecule has 0 unspecified atom stereocenters. The number of piperidine rings is 1. The van der Waals surface area contributed by atoms with E-state index in [2.05, 4.69) is 20.3 Å². The second-order valence-corrected chi connectivity index (χ2v) is 9.11. The number of hydrogen-bond acceptors (Lipinski definition) is 5. The van der Waals surface area contributed by atoms with Crippen molar-refractivity contribution in [2.24, 2.45) is 0 Å². The largest absolute Gasteiger partial charge is 0.363 e. The fourth-order valence-electron chi connectivity index (χ4n) is 4.51. The number of urea groups is 1. The average molecular weight is 487 g/mol. The number of rotatable bonds is 5. The van der Waals surface area contributed by atoms with Crippen LogP contribution in [0.2, 0.25) is 0 Å². The predicted octanol–water partition coefficient (Wildman–Crippen LogP) is 5.44. The Labute approximate surface area is 202 Å². The molecule has 2 aromatic heterocycles. The van der Waals surface area contributed by atoms with E-state index in [0.29, 0.717) is 35.8 Å². The molecule has 10 heteroatoms. The molecular weight excluding hydrogens is 457 g/mol. The zero-order valence-corrected chi connectivity index (χ0v) is 20.2. The highest BCUT2D eigenvalue weighted by Crippen LogP contribution is 2.33. The van der Waals surface area contributed by atoms with E-state index in [1.807, 2.05) is 17.2 Å². The monoisotopic (exact) mass is 486 g/mol. The van der Waals surface area contributed by atoms with Gasteiger partial charge in [0.2, 0.25) is 0 Å². The normalized spacial score (nSPS) is 15.5. The van der Waals surface area contributed by atoms with Crippen LogP contribution >= 0.6 is 0 Å². The summed E-state index contributed by atoms with van der Waals surface area (Å²) in [5.41, 5.74) is 1.03. The van der Waals surface area contributed by atoms with E-state index < -0.39 is 23.8 Å². The van der Waals surface area contributed by atoms with E-state index in [1.54, 1.807) is 32.8 Å². The lowest BCUT2D eigenvalue weighted by Gasteiger charge is -2.33. The molecule has 35 heavy (non-hydrogen) atoms. The quantitative estimate of drug-likeness (QED) is 0.520. The minimum absolute atomic E-state index is 0.00702. The van der Waals surface area contributed by atoms with Crippen LogP contribution in [0.5, 0.6) is 0 Å². The number of alkyl halides is 2. The molecule has 7 nitrogen and oxygen atoms in total. The van der Waals surface area contributed by atoms with Gasteiger partial charge < -0.3 is 15.1 Å². The number of benzene rings is 1. The molecule has 1 aliphatic rings. The molecule has 4 rings (SSSR count). The summed E-state index contributed by atoms with van der Waals surface area (Å²) in [5.74, 6) is 0.265. The first kappa shape index (κ1) is 24.7. The topological polar surface area (TPSA) is 74.2 Å². The first-order valence-electron chi connectivity index (χ1n) is 11.6. The number of carbonyl (C=O) groups excluding carboxylic acids is 1. The molecule has 2 amide bonds. The van der Waals surface area contributed by atoms with Crippen molar-refractivity contribution < 1.29 is 18.0 Å². The number of halogens is 3. The lowest BCUT2D eigenvalue weighted by atomic mass is 9.90. The van der Waals surface area contributed by atoms with Crippen LogP contribution in [-0.4, -0.2) is 58.0 Å². The summed E-state index contributed by atoms with van der Waals surface area (Å²) in [4.78, 5) is 29.1. The molecule has 1 fully saturated rings. The highest BCUT2D eigenvalue weighted by molar-refractivity contribution is 5.87. The molecule has 1 aromatic carbocycles. The predicted molar refractivity (Wildman–Crippen MR) is 128 cm³/mol. The fraction of sp³-hybridized carbons (Fsp3) is 0.440. The molecule has 0 aliphatic carbocycles. The smallest absolute Gasteiger partial charge is 0.319 e. The maximum Gasteiger partial charge on any atom is 0.319 e. The van der Waals surface area contributed by atoms with Gasteiger partial charge in [0.15, 0.2) is 5.65 Å². The standard InChI is InChI=1S/C25H29F3N6O/c1-14(18-6-5-7-19(21(18)26)22(27)28)30-24-20-12-17(13-29-23(20)31-15(2)32-24)16-8-10-34(11-9-16)25(35)33(3)4/h5-7,12-14,16,22H,8-11H2,1-4H3,(H,29,30,31,32)/t14-/m1/s1. The fourth-order valence-corrected chi connectivity index (χ4v) is 4.51. The third kappa shape index (κ3) is 5.16. The summed E-state index contributed by atoms with van der Waals surface area (Å²) in [6.45, 7) is 4.75. The Morgan fingerprint density at radius 3 is 2.51 bits per heavy atom. The Morgan fingerprint density at radius 2 is 1.86 bits per heavy atom. The van der Waals surface area contributed by atoms with E-state index in [0.717, 1.165) is 24.5 Å². The number of nitrogens with zero attached hydrogens (tertiary/aromatic N) is 5. The average Bonchev–Trinajstić information content (AvgIpc) is 2.83. The van der Waals surface area contributed by atoms with E-state index in [9.17, 15) is 18.0 Å². The molecule has 1 N–H and O–H groups in total. The number of nitrogens with one attached hydrogen (secondary N) is 1. The van der Waals surface area contributed by atoms with Gasteiger partial charge in [-0.25, -0.2) is 32.9 Å². The Hall–Kier alpha value is -3.43. The summed E-state index contributed by atoms with van der Waals surface area (Å²) >= 11 is 0. The van der Waals surface area contributed by atoms with Crippen molar-refractivity contribution in [1.82, 2.24) is 24.8 Å². The molecule has 0 radical (unpaired) electrons. The van der Waals surface area contributed by atoms with Gasteiger partial charge >= 0.3 is 6.03 Å². The number of aromatic nitrogens is 3. The zero-order valence-electron chi connectivity index (χ0n) is 20.2. The number of aryl methyl sites for hydroxylation is 1. The Bertz CT molecular complexity index is 1230. The maximum absolute atomic E-state index is 14.7.